The van der Waals surface area contributed by atoms with E-state index in [-0.39, 0.29) is 5.56 Å². The summed E-state index contributed by atoms with van der Waals surface area (Å²) < 4.78 is 8.79. The molecule has 0 unspecified atom stereocenters. The number of hydrogen-bond acceptors (Lipinski definition) is 7. The van der Waals surface area contributed by atoms with Gasteiger partial charge in [0.25, 0.3) is 5.56 Å². The Labute approximate surface area is 181 Å². The van der Waals surface area contributed by atoms with E-state index in [9.17, 15) is 4.79 Å². The molecular formula is C22H20N6O2S. The first-order valence-corrected chi connectivity index (χ1v) is 11.0. The molecule has 31 heavy (non-hydrogen) atoms. The van der Waals surface area contributed by atoms with Gasteiger partial charge in [0.15, 0.2) is 11.0 Å². The van der Waals surface area contributed by atoms with E-state index in [0.29, 0.717) is 33.8 Å². The Morgan fingerprint density at radius 2 is 1.87 bits per heavy atom. The van der Waals surface area contributed by atoms with Crippen molar-refractivity contribution in [2.45, 2.75) is 37.6 Å². The number of rotatable bonds is 6. The highest BCUT2D eigenvalue weighted by Gasteiger charge is 2.18. The second kappa shape index (κ2) is 7.99. The van der Waals surface area contributed by atoms with Crippen LogP contribution < -0.4 is 5.56 Å². The fraction of sp³-hybridized carbons (Fsp3) is 0.227. The first kappa shape index (κ1) is 19.5. The lowest BCUT2D eigenvalue weighted by molar-refractivity contribution is 0.373. The number of para-hydroxylation sites is 1. The Bertz CT molecular complexity index is 1430. The molecule has 2 aromatic carbocycles. The summed E-state index contributed by atoms with van der Waals surface area (Å²) in [4.78, 5) is 17.7. The lowest BCUT2D eigenvalue weighted by Crippen LogP contribution is -2.21. The van der Waals surface area contributed by atoms with Crippen LogP contribution in [0.25, 0.3) is 22.4 Å². The Morgan fingerprint density at radius 3 is 2.68 bits per heavy atom. The van der Waals surface area contributed by atoms with Crippen molar-refractivity contribution in [3.8, 4) is 5.69 Å². The predicted molar refractivity (Wildman–Crippen MR) is 119 cm³/mol. The molecule has 3 aromatic heterocycles. The van der Waals surface area contributed by atoms with Crippen LogP contribution in [-0.4, -0.2) is 29.3 Å². The third-order valence-corrected chi connectivity index (χ3v) is 5.92. The van der Waals surface area contributed by atoms with Crippen molar-refractivity contribution >= 4 is 28.4 Å². The van der Waals surface area contributed by atoms with Crippen molar-refractivity contribution in [1.82, 2.24) is 29.3 Å². The minimum atomic E-state index is -0.127. The number of hydrogen-bond donors (Lipinski definition) is 0. The highest BCUT2D eigenvalue weighted by molar-refractivity contribution is 7.98. The van der Waals surface area contributed by atoms with Crippen LogP contribution in [0.15, 0.2) is 63.0 Å². The normalized spacial score (nSPS) is 11.5. The Morgan fingerprint density at radius 1 is 1.06 bits per heavy atom. The van der Waals surface area contributed by atoms with Crippen LogP contribution in [0.2, 0.25) is 0 Å². The SMILES string of the molecule is CCCc1nc(CSc2nnc3n(-c4ccc(C)cc4)c(=O)c4ccccc4n23)no1. The second-order valence-corrected chi connectivity index (χ2v) is 8.20. The van der Waals surface area contributed by atoms with Crippen molar-refractivity contribution in [2.75, 3.05) is 0 Å². The molecule has 0 fully saturated rings. The zero-order valence-electron chi connectivity index (χ0n) is 17.1. The molecule has 0 N–H and O–H groups in total. The van der Waals surface area contributed by atoms with Gasteiger partial charge in [0, 0.05) is 6.42 Å². The summed E-state index contributed by atoms with van der Waals surface area (Å²) >= 11 is 1.46. The second-order valence-electron chi connectivity index (χ2n) is 7.25. The van der Waals surface area contributed by atoms with Crippen molar-refractivity contribution < 1.29 is 4.52 Å². The molecule has 0 saturated carbocycles. The molecule has 5 aromatic rings. The molecule has 156 valence electrons. The number of fused-ring (bicyclic) bond motifs is 3. The fourth-order valence-electron chi connectivity index (χ4n) is 3.49. The molecule has 0 bridgehead atoms. The van der Waals surface area contributed by atoms with E-state index in [1.54, 1.807) is 4.57 Å². The smallest absolute Gasteiger partial charge is 0.267 e. The molecular weight excluding hydrogens is 412 g/mol. The Balaban J connectivity index is 1.63. The largest absolute Gasteiger partial charge is 0.339 e. The molecule has 0 aliphatic rings. The third-order valence-electron chi connectivity index (χ3n) is 4.99. The Kier molecular flexibility index (Phi) is 5.03. The van der Waals surface area contributed by atoms with Crippen LogP contribution in [-0.2, 0) is 12.2 Å². The molecule has 9 heteroatoms. The topological polar surface area (TPSA) is 91.1 Å². The van der Waals surface area contributed by atoms with E-state index < -0.39 is 0 Å². The molecule has 0 radical (unpaired) electrons. The lowest BCUT2D eigenvalue weighted by atomic mass is 10.2. The van der Waals surface area contributed by atoms with Gasteiger partial charge >= 0.3 is 0 Å². The van der Waals surface area contributed by atoms with Crippen LogP contribution in [0, 0.1) is 6.92 Å². The lowest BCUT2D eigenvalue weighted by Gasteiger charge is -2.11. The number of nitrogens with zero attached hydrogens (tertiary/aromatic N) is 6. The quantitative estimate of drug-likeness (QED) is 0.375. The summed E-state index contributed by atoms with van der Waals surface area (Å²) in [7, 11) is 0. The molecule has 8 nitrogen and oxygen atoms in total. The van der Waals surface area contributed by atoms with Crippen LogP contribution in [0.1, 0.15) is 30.6 Å². The minimum absolute atomic E-state index is 0.127. The van der Waals surface area contributed by atoms with Gasteiger partial charge in [-0.2, -0.15) is 4.98 Å². The van der Waals surface area contributed by atoms with Crippen molar-refractivity contribution in [3.63, 3.8) is 0 Å². The van der Waals surface area contributed by atoms with Crippen LogP contribution in [0.5, 0.6) is 0 Å². The third kappa shape index (κ3) is 3.50. The molecule has 0 amide bonds. The minimum Gasteiger partial charge on any atom is -0.339 e. The highest BCUT2D eigenvalue weighted by Crippen LogP contribution is 2.25. The van der Waals surface area contributed by atoms with Gasteiger partial charge in [0.1, 0.15) is 0 Å². The molecule has 0 aliphatic heterocycles. The van der Waals surface area contributed by atoms with Crippen LogP contribution in [0.4, 0.5) is 0 Å². The van der Waals surface area contributed by atoms with Gasteiger partial charge in [0.2, 0.25) is 11.7 Å². The Hall–Kier alpha value is -3.46. The van der Waals surface area contributed by atoms with Gasteiger partial charge in [-0.1, -0.05) is 53.7 Å². The summed E-state index contributed by atoms with van der Waals surface area (Å²) in [6.45, 7) is 4.08. The first-order chi connectivity index (χ1) is 15.2. The predicted octanol–water partition coefficient (Wildman–Crippen LogP) is 3.97. The molecule has 0 saturated heterocycles. The van der Waals surface area contributed by atoms with E-state index in [0.717, 1.165) is 29.6 Å². The summed E-state index contributed by atoms with van der Waals surface area (Å²) in [5.74, 6) is 2.21. The number of thioether (sulfide) groups is 1. The van der Waals surface area contributed by atoms with Gasteiger partial charge in [-0.15, -0.1) is 10.2 Å². The van der Waals surface area contributed by atoms with E-state index in [2.05, 4.69) is 27.3 Å². The molecule has 0 atom stereocenters. The average Bonchev–Trinajstić information content (AvgIpc) is 3.41. The van der Waals surface area contributed by atoms with Crippen LogP contribution in [0.3, 0.4) is 0 Å². The van der Waals surface area contributed by atoms with Crippen molar-refractivity contribution in [3.05, 3.63) is 76.2 Å². The zero-order valence-corrected chi connectivity index (χ0v) is 18.0. The summed E-state index contributed by atoms with van der Waals surface area (Å²) in [6.07, 6.45) is 1.71. The van der Waals surface area contributed by atoms with Gasteiger partial charge < -0.3 is 4.52 Å². The van der Waals surface area contributed by atoms with Gasteiger partial charge in [0.05, 0.1) is 22.3 Å². The van der Waals surface area contributed by atoms with E-state index in [1.165, 1.54) is 11.8 Å². The number of benzene rings is 2. The zero-order chi connectivity index (χ0) is 21.4. The van der Waals surface area contributed by atoms with E-state index >= 15 is 0 Å². The molecule has 3 heterocycles. The fourth-order valence-corrected chi connectivity index (χ4v) is 4.28. The highest BCUT2D eigenvalue weighted by atomic mass is 32.2. The number of aromatic nitrogens is 6. The maximum Gasteiger partial charge on any atom is 0.267 e. The average molecular weight is 433 g/mol. The maximum absolute atomic E-state index is 13.3. The molecule has 0 aliphatic carbocycles. The van der Waals surface area contributed by atoms with Crippen molar-refractivity contribution in [1.29, 1.82) is 0 Å². The molecule has 5 rings (SSSR count). The summed E-state index contributed by atoms with van der Waals surface area (Å²) in [6, 6.07) is 15.3. The van der Waals surface area contributed by atoms with E-state index in [1.807, 2.05) is 59.9 Å². The number of aryl methyl sites for hydroxylation is 2. The van der Waals surface area contributed by atoms with Gasteiger partial charge in [-0.05, 0) is 37.6 Å². The molecule has 0 spiro atoms. The van der Waals surface area contributed by atoms with Crippen LogP contribution >= 0.6 is 11.8 Å². The van der Waals surface area contributed by atoms with Gasteiger partial charge in [-0.3, -0.25) is 9.20 Å². The summed E-state index contributed by atoms with van der Waals surface area (Å²) in [5.41, 5.74) is 2.50. The standard InChI is InChI=1S/C22H20N6O2S/c1-3-6-19-23-18(26-30-19)13-31-22-25-24-21-27(15-11-9-14(2)10-12-15)20(29)16-7-4-5-8-17(16)28(21)22/h4-5,7-12H,3,6,13H2,1-2H3. The maximum atomic E-state index is 13.3. The van der Waals surface area contributed by atoms with Crippen molar-refractivity contribution in [2.24, 2.45) is 0 Å². The first-order valence-electron chi connectivity index (χ1n) is 10.1. The van der Waals surface area contributed by atoms with E-state index in [4.69, 9.17) is 4.52 Å². The monoisotopic (exact) mass is 432 g/mol. The summed E-state index contributed by atoms with van der Waals surface area (Å²) in [5, 5.41) is 14.0. The van der Waals surface area contributed by atoms with Gasteiger partial charge in [-0.25, -0.2) is 4.57 Å².